The molecule has 0 radical (unpaired) electrons. The summed E-state index contributed by atoms with van der Waals surface area (Å²) in [7, 11) is 0. The summed E-state index contributed by atoms with van der Waals surface area (Å²) >= 11 is 1.66. The number of hydrogen-bond donors (Lipinski definition) is 1. The van der Waals surface area contributed by atoms with E-state index < -0.39 is 0 Å². The molecule has 5 nitrogen and oxygen atoms in total. The van der Waals surface area contributed by atoms with Gasteiger partial charge in [-0.3, -0.25) is 0 Å². The molecule has 1 aliphatic rings. The summed E-state index contributed by atoms with van der Waals surface area (Å²) in [6, 6.07) is 0. The normalized spacial score (nSPS) is 25.6. The Hall–Kier alpha value is -1.01. The number of fused-ring (bicyclic) bond motifs is 1. The monoisotopic (exact) mass is 237 g/mol. The van der Waals surface area contributed by atoms with E-state index in [4.69, 9.17) is 0 Å². The smallest absolute Gasteiger partial charge is 0.234 e. The summed E-state index contributed by atoms with van der Waals surface area (Å²) in [6.07, 6.45) is 6.42. The van der Waals surface area contributed by atoms with Gasteiger partial charge in [-0.2, -0.15) is 9.61 Å². The molecule has 1 aliphatic heterocycles. The maximum Gasteiger partial charge on any atom is 0.234 e. The zero-order chi connectivity index (χ0) is 11.0. The maximum absolute atomic E-state index is 4.59. The fraction of sp³-hybridized carbons (Fsp3) is 0.700. The van der Waals surface area contributed by atoms with Crippen LogP contribution in [0.5, 0.6) is 0 Å². The molecule has 1 fully saturated rings. The molecule has 86 valence electrons. The summed E-state index contributed by atoms with van der Waals surface area (Å²) in [5.74, 6) is 0. The zero-order valence-corrected chi connectivity index (χ0v) is 10.1. The molecule has 0 spiro atoms. The van der Waals surface area contributed by atoms with Crippen molar-refractivity contribution in [3.05, 3.63) is 11.3 Å². The Kier molecular flexibility index (Phi) is 2.40. The lowest BCUT2D eigenvalue weighted by atomic mass is 9.93. The van der Waals surface area contributed by atoms with Crippen molar-refractivity contribution < 1.29 is 0 Å². The fourth-order valence-electron chi connectivity index (χ4n) is 2.49. The predicted molar refractivity (Wildman–Crippen MR) is 62.5 cm³/mol. The molecule has 3 heterocycles. The first-order chi connectivity index (χ1) is 7.84. The molecule has 3 rings (SSSR count). The van der Waals surface area contributed by atoms with Gasteiger partial charge in [-0.25, -0.2) is 0 Å². The van der Waals surface area contributed by atoms with Crippen LogP contribution in [0, 0.1) is 0 Å². The van der Waals surface area contributed by atoms with Crippen LogP contribution < -0.4 is 5.32 Å². The molecule has 0 aromatic carbocycles. The van der Waals surface area contributed by atoms with Crippen molar-refractivity contribution in [3.63, 3.8) is 0 Å². The summed E-state index contributed by atoms with van der Waals surface area (Å²) in [6.45, 7) is 3.32. The molecule has 1 N–H and O–H groups in total. The van der Waals surface area contributed by atoms with E-state index in [0.29, 0.717) is 0 Å². The first-order valence-corrected chi connectivity index (χ1v) is 6.58. The molecular weight excluding hydrogens is 222 g/mol. The van der Waals surface area contributed by atoms with E-state index in [-0.39, 0.29) is 5.54 Å². The van der Waals surface area contributed by atoms with E-state index >= 15 is 0 Å². The number of hydrogen-bond acceptors (Lipinski definition) is 5. The van der Waals surface area contributed by atoms with Crippen LogP contribution in [0.4, 0.5) is 0 Å². The molecule has 6 heteroatoms. The Bertz CT molecular complexity index is 454. The Morgan fingerprint density at radius 2 is 2.56 bits per heavy atom. The number of nitrogens with zero attached hydrogens (tertiary/aromatic N) is 4. The number of aromatic nitrogens is 4. The Balaban J connectivity index is 2.02. The Morgan fingerprint density at radius 1 is 1.62 bits per heavy atom. The van der Waals surface area contributed by atoms with Gasteiger partial charge in [-0.15, -0.1) is 10.2 Å². The van der Waals surface area contributed by atoms with E-state index in [1.165, 1.54) is 19.3 Å². The van der Waals surface area contributed by atoms with Crippen LogP contribution >= 0.6 is 11.3 Å². The first-order valence-electron chi connectivity index (χ1n) is 5.76. The van der Waals surface area contributed by atoms with Gasteiger partial charge in [-0.05, 0) is 25.8 Å². The summed E-state index contributed by atoms with van der Waals surface area (Å²) in [5, 5.41) is 17.3. The highest BCUT2D eigenvalue weighted by Gasteiger charge is 2.37. The van der Waals surface area contributed by atoms with Gasteiger partial charge in [0.25, 0.3) is 0 Å². The summed E-state index contributed by atoms with van der Waals surface area (Å²) in [5.41, 5.74) is 0.0973. The standard InChI is InChI=1S/C10H15N5S/c1-2-4-10(5-3-6-11-10)8-14-15-7-12-13-9(15)16-8/h7,11H,2-6H2,1H3. The average Bonchev–Trinajstić information content (AvgIpc) is 2.90. The third-order valence-electron chi connectivity index (χ3n) is 3.22. The third-order valence-corrected chi connectivity index (χ3v) is 4.33. The van der Waals surface area contributed by atoms with Gasteiger partial charge in [-0.1, -0.05) is 24.7 Å². The van der Waals surface area contributed by atoms with Crippen molar-refractivity contribution in [2.45, 2.75) is 38.1 Å². The third kappa shape index (κ3) is 1.44. The van der Waals surface area contributed by atoms with Crippen LogP contribution in [-0.2, 0) is 5.54 Å². The maximum atomic E-state index is 4.59. The molecule has 1 saturated heterocycles. The van der Waals surface area contributed by atoms with Gasteiger partial charge in [0, 0.05) is 0 Å². The van der Waals surface area contributed by atoms with Gasteiger partial charge >= 0.3 is 0 Å². The zero-order valence-electron chi connectivity index (χ0n) is 9.31. The second-order valence-corrected chi connectivity index (χ2v) is 5.28. The van der Waals surface area contributed by atoms with Crippen molar-refractivity contribution in [1.82, 2.24) is 25.1 Å². The first kappa shape index (κ1) is 10.2. The van der Waals surface area contributed by atoms with Crippen LogP contribution in [0.1, 0.15) is 37.6 Å². The van der Waals surface area contributed by atoms with Crippen molar-refractivity contribution >= 4 is 16.3 Å². The highest BCUT2D eigenvalue weighted by molar-refractivity contribution is 7.16. The van der Waals surface area contributed by atoms with E-state index in [1.54, 1.807) is 22.2 Å². The highest BCUT2D eigenvalue weighted by atomic mass is 32.1. The van der Waals surface area contributed by atoms with E-state index in [0.717, 1.165) is 22.9 Å². The van der Waals surface area contributed by atoms with E-state index in [2.05, 4.69) is 27.5 Å². The minimum atomic E-state index is 0.0973. The van der Waals surface area contributed by atoms with Gasteiger partial charge in [0.15, 0.2) is 0 Å². The molecule has 2 aromatic heterocycles. The molecule has 16 heavy (non-hydrogen) atoms. The molecule has 0 aliphatic carbocycles. The van der Waals surface area contributed by atoms with Gasteiger partial charge < -0.3 is 5.32 Å². The van der Waals surface area contributed by atoms with Crippen molar-refractivity contribution in [1.29, 1.82) is 0 Å². The highest BCUT2D eigenvalue weighted by Crippen LogP contribution is 2.37. The molecule has 1 atom stereocenters. The number of nitrogens with one attached hydrogen (secondary N) is 1. The van der Waals surface area contributed by atoms with Gasteiger partial charge in [0.05, 0.1) is 5.54 Å². The SMILES string of the molecule is CCCC1(c2nn3cnnc3s2)CCCN1. The lowest BCUT2D eigenvalue weighted by molar-refractivity contribution is 0.351. The largest absolute Gasteiger partial charge is 0.305 e. The number of rotatable bonds is 3. The second-order valence-electron chi connectivity index (χ2n) is 4.33. The van der Waals surface area contributed by atoms with Crippen molar-refractivity contribution in [2.24, 2.45) is 0 Å². The average molecular weight is 237 g/mol. The fourth-order valence-corrected chi connectivity index (χ4v) is 3.53. The van der Waals surface area contributed by atoms with E-state index in [1.807, 2.05) is 0 Å². The molecule has 1 unspecified atom stereocenters. The molecule has 2 aromatic rings. The van der Waals surface area contributed by atoms with Crippen LogP contribution in [0.2, 0.25) is 0 Å². The summed E-state index contributed by atoms with van der Waals surface area (Å²) < 4.78 is 1.78. The molecule has 0 amide bonds. The predicted octanol–water partition coefficient (Wildman–Crippen LogP) is 1.56. The quantitative estimate of drug-likeness (QED) is 0.880. The van der Waals surface area contributed by atoms with E-state index in [9.17, 15) is 0 Å². The lowest BCUT2D eigenvalue weighted by Gasteiger charge is -2.26. The van der Waals surface area contributed by atoms with Gasteiger partial charge in [0.1, 0.15) is 11.3 Å². The lowest BCUT2D eigenvalue weighted by Crippen LogP contribution is -2.36. The van der Waals surface area contributed by atoms with Crippen LogP contribution in [-0.4, -0.2) is 26.4 Å². The van der Waals surface area contributed by atoms with Crippen LogP contribution in [0.15, 0.2) is 6.33 Å². The second kappa shape index (κ2) is 3.78. The molecular formula is C10H15N5S. The van der Waals surface area contributed by atoms with Crippen LogP contribution in [0.3, 0.4) is 0 Å². The Morgan fingerprint density at radius 3 is 3.25 bits per heavy atom. The van der Waals surface area contributed by atoms with Crippen LogP contribution in [0.25, 0.3) is 4.96 Å². The summed E-state index contributed by atoms with van der Waals surface area (Å²) in [4.78, 5) is 0.888. The topological polar surface area (TPSA) is 55.1 Å². The molecule has 0 bridgehead atoms. The minimum absolute atomic E-state index is 0.0973. The van der Waals surface area contributed by atoms with Gasteiger partial charge in [0.2, 0.25) is 4.96 Å². The van der Waals surface area contributed by atoms with Crippen molar-refractivity contribution in [3.8, 4) is 0 Å². The minimum Gasteiger partial charge on any atom is -0.305 e. The van der Waals surface area contributed by atoms with Crippen molar-refractivity contribution in [2.75, 3.05) is 6.54 Å². The molecule has 0 saturated carbocycles. The Labute approximate surface area is 97.9 Å².